The van der Waals surface area contributed by atoms with Crippen LogP contribution in [-0.4, -0.2) is 39.3 Å². The van der Waals surface area contributed by atoms with Crippen molar-refractivity contribution in [2.24, 2.45) is 5.41 Å². The van der Waals surface area contributed by atoms with E-state index in [1.165, 1.54) is 70.8 Å². The zero-order chi connectivity index (χ0) is 15.3. The molecule has 0 aliphatic rings. The molecule has 0 aromatic carbocycles. The molecule has 20 heavy (non-hydrogen) atoms. The molecular weight excluding hydrogens is 246 g/mol. The maximum Gasteiger partial charge on any atom is 0.0530 e. The summed E-state index contributed by atoms with van der Waals surface area (Å²) in [6.07, 6.45) is 13.5. The van der Waals surface area contributed by atoms with Crippen LogP contribution in [0.5, 0.6) is 0 Å². The second-order valence-corrected chi connectivity index (χ2v) is 6.79. The molecule has 0 fully saturated rings. The van der Waals surface area contributed by atoms with Crippen molar-refractivity contribution in [3.05, 3.63) is 0 Å². The van der Waals surface area contributed by atoms with E-state index in [-0.39, 0.29) is 0 Å². The van der Waals surface area contributed by atoms with E-state index in [1.807, 2.05) is 7.11 Å². The highest BCUT2D eigenvalue weighted by atomic mass is 16.5. The van der Waals surface area contributed by atoms with Gasteiger partial charge in [0, 0.05) is 19.1 Å². The normalized spacial score (nSPS) is 12.3. The Labute approximate surface area is 128 Å². The van der Waals surface area contributed by atoms with Crippen LogP contribution >= 0.6 is 0 Å². The Balaban J connectivity index is 4.40. The summed E-state index contributed by atoms with van der Waals surface area (Å²) in [7, 11) is 6.26. The van der Waals surface area contributed by atoms with Crippen molar-refractivity contribution in [3.63, 3.8) is 0 Å². The van der Waals surface area contributed by atoms with Gasteiger partial charge in [-0.05, 0) is 26.9 Å². The van der Waals surface area contributed by atoms with Gasteiger partial charge in [0.2, 0.25) is 0 Å². The zero-order valence-corrected chi connectivity index (χ0v) is 14.8. The first kappa shape index (κ1) is 19.9. The molecule has 0 heterocycles. The maximum atomic E-state index is 5.60. The molecule has 0 aromatic rings. The Morgan fingerprint density at radius 2 is 1.30 bits per heavy atom. The van der Waals surface area contributed by atoms with Gasteiger partial charge >= 0.3 is 0 Å². The molecule has 0 bridgehead atoms. The Morgan fingerprint density at radius 3 is 1.65 bits per heavy atom. The summed E-state index contributed by atoms with van der Waals surface area (Å²) in [5.74, 6) is 0. The first-order chi connectivity index (χ1) is 9.60. The monoisotopic (exact) mass is 285 g/mol. The van der Waals surface area contributed by atoms with Crippen molar-refractivity contribution in [3.8, 4) is 0 Å². The molecule has 2 nitrogen and oxygen atoms in total. The van der Waals surface area contributed by atoms with E-state index in [0.29, 0.717) is 5.41 Å². The lowest BCUT2D eigenvalue weighted by molar-refractivity contribution is 0.0396. The molecule has 0 unspecified atom stereocenters. The van der Waals surface area contributed by atoms with Crippen LogP contribution in [0.2, 0.25) is 0 Å². The average Bonchev–Trinajstić information content (AvgIpc) is 2.39. The molecule has 122 valence electrons. The first-order valence-electron chi connectivity index (χ1n) is 8.74. The molecule has 0 spiro atoms. The fourth-order valence-corrected chi connectivity index (χ4v) is 3.30. The molecule has 0 saturated heterocycles. The van der Waals surface area contributed by atoms with Crippen LogP contribution in [0.15, 0.2) is 0 Å². The topological polar surface area (TPSA) is 12.5 Å². The van der Waals surface area contributed by atoms with E-state index in [4.69, 9.17) is 4.74 Å². The first-order valence-corrected chi connectivity index (χ1v) is 8.74. The standard InChI is InChI=1S/C18H39NO/c1-6-8-10-12-14-18(17-20-5,16-19(3)4)15-13-11-9-7-2/h6-17H2,1-5H3. The van der Waals surface area contributed by atoms with Crippen LogP contribution < -0.4 is 0 Å². The van der Waals surface area contributed by atoms with E-state index >= 15 is 0 Å². The quantitative estimate of drug-likeness (QED) is 0.411. The van der Waals surface area contributed by atoms with E-state index in [9.17, 15) is 0 Å². The van der Waals surface area contributed by atoms with Crippen LogP contribution in [0.1, 0.15) is 78.1 Å². The second kappa shape index (κ2) is 12.6. The van der Waals surface area contributed by atoms with E-state index in [0.717, 1.165) is 6.61 Å². The smallest absolute Gasteiger partial charge is 0.0530 e. The molecule has 0 radical (unpaired) electrons. The van der Waals surface area contributed by atoms with Crippen LogP contribution in [-0.2, 0) is 4.74 Å². The minimum atomic E-state index is 0.375. The number of rotatable bonds is 14. The fourth-order valence-electron chi connectivity index (χ4n) is 3.30. The molecule has 2 heteroatoms. The van der Waals surface area contributed by atoms with Gasteiger partial charge in [0.1, 0.15) is 0 Å². The van der Waals surface area contributed by atoms with E-state index < -0.39 is 0 Å². The number of nitrogens with zero attached hydrogens (tertiary/aromatic N) is 1. The lowest BCUT2D eigenvalue weighted by Crippen LogP contribution is -2.37. The summed E-state index contributed by atoms with van der Waals surface area (Å²) < 4.78 is 5.60. The average molecular weight is 286 g/mol. The summed E-state index contributed by atoms with van der Waals surface area (Å²) in [5.41, 5.74) is 0.375. The summed E-state index contributed by atoms with van der Waals surface area (Å²) >= 11 is 0. The van der Waals surface area contributed by atoms with Crippen molar-refractivity contribution in [1.29, 1.82) is 0 Å². The van der Waals surface area contributed by atoms with Gasteiger partial charge in [-0.25, -0.2) is 0 Å². The van der Waals surface area contributed by atoms with Gasteiger partial charge in [0.15, 0.2) is 0 Å². The fraction of sp³-hybridized carbons (Fsp3) is 1.00. The lowest BCUT2D eigenvalue weighted by Gasteiger charge is -2.36. The van der Waals surface area contributed by atoms with Crippen LogP contribution in [0, 0.1) is 5.41 Å². The number of hydrogen-bond donors (Lipinski definition) is 0. The molecule has 0 amide bonds. The van der Waals surface area contributed by atoms with Crippen molar-refractivity contribution in [2.45, 2.75) is 78.1 Å². The highest BCUT2D eigenvalue weighted by molar-refractivity contribution is 4.82. The summed E-state index contributed by atoms with van der Waals surface area (Å²) in [6.45, 7) is 6.66. The van der Waals surface area contributed by atoms with Gasteiger partial charge in [-0.3, -0.25) is 0 Å². The second-order valence-electron chi connectivity index (χ2n) is 6.79. The maximum absolute atomic E-state index is 5.60. The van der Waals surface area contributed by atoms with Crippen LogP contribution in [0.3, 0.4) is 0 Å². The third-order valence-corrected chi connectivity index (χ3v) is 4.22. The van der Waals surface area contributed by atoms with Crippen molar-refractivity contribution in [1.82, 2.24) is 4.90 Å². The number of unbranched alkanes of at least 4 members (excludes halogenated alkanes) is 6. The van der Waals surface area contributed by atoms with Gasteiger partial charge in [-0.1, -0.05) is 65.2 Å². The lowest BCUT2D eigenvalue weighted by atomic mass is 9.78. The van der Waals surface area contributed by atoms with E-state index in [2.05, 4.69) is 32.8 Å². The molecule has 0 atom stereocenters. The van der Waals surface area contributed by atoms with Gasteiger partial charge in [-0.15, -0.1) is 0 Å². The van der Waals surface area contributed by atoms with E-state index in [1.54, 1.807) is 0 Å². The predicted molar refractivity (Wildman–Crippen MR) is 90.4 cm³/mol. The molecular formula is C18H39NO. The molecule has 0 aromatic heterocycles. The van der Waals surface area contributed by atoms with Gasteiger partial charge < -0.3 is 9.64 Å². The number of ether oxygens (including phenoxy) is 1. The molecule has 0 saturated carbocycles. The Hall–Kier alpha value is -0.0800. The zero-order valence-electron chi connectivity index (χ0n) is 14.8. The predicted octanol–water partition coefficient (Wildman–Crippen LogP) is 5.12. The molecule has 0 aliphatic heterocycles. The number of methoxy groups -OCH3 is 1. The van der Waals surface area contributed by atoms with Crippen molar-refractivity contribution in [2.75, 3.05) is 34.4 Å². The molecule has 0 N–H and O–H groups in total. The SMILES string of the molecule is CCCCCCC(CCCCCC)(COC)CN(C)C. The van der Waals surface area contributed by atoms with Gasteiger partial charge in [0.05, 0.1) is 6.61 Å². The summed E-state index contributed by atoms with van der Waals surface area (Å²) in [4.78, 5) is 2.35. The third-order valence-electron chi connectivity index (χ3n) is 4.22. The highest BCUT2D eigenvalue weighted by Crippen LogP contribution is 2.33. The van der Waals surface area contributed by atoms with Crippen molar-refractivity contribution >= 4 is 0 Å². The van der Waals surface area contributed by atoms with Crippen LogP contribution in [0.25, 0.3) is 0 Å². The summed E-state index contributed by atoms with van der Waals surface area (Å²) in [5, 5.41) is 0. The Morgan fingerprint density at radius 1 is 0.800 bits per heavy atom. The minimum absolute atomic E-state index is 0.375. The van der Waals surface area contributed by atoms with Gasteiger partial charge in [0.25, 0.3) is 0 Å². The van der Waals surface area contributed by atoms with Crippen molar-refractivity contribution < 1.29 is 4.74 Å². The highest BCUT2D eigenvalue weighted by Gasteiger charge is 2.29. The Bertz CT molecular complexity index is 192. The molecule has 0 aliphatic carbocycles. The minimum Gasteiger partial charge on any atom is -0.384 e. The third kappa shape index (κ3) is 9.77. The number of hydrogen-bond acceptors (Lipinski definition) is 2. The largest absolute Gasteiger partial charge is 0.384 e. The summed E-state index contributed by atoms with van der Waals surface area (Å²) in [6, 6.07) is 0. The van der Waals surface area contributed by atoms with Gasteiger partial charge in [-0.2, -0.15) is 0 Å². The molecule has 0 rings (SSSR count). The van der Waals surface area contributed by atoms with Crippen LogP contribution in [0.4, 0.5) is 0 Å². The Kier molecular flexibility index (Phi) is 12.6.